The molecule has 0 aromatic carbocycles. The van der Waals surface area contributed by atoms with Crippen molar-refractivity contribution in [3.05, 3.63) is 28.0 Å². The summed E-state index contributed by atoms with van der Waals surface area (Å²) in [4.78, 5) is 4.62. The van der Waals surface area contributed by atoms with Crippen molar-refractivity contribution in [1.29, 1.82) is 0 Å². The van der Waals surface area contributed by atoms with Crippen molar-refractivity contribution in [3.63, 3.8) is 0 Å². The third-order valence-electron chi connectivity index (χ3n) is 1.93. The summed E-state index contributed by atoms with van der Waals surface area (Å²) < 4.78 is 1.81. The Balaban J connectivity index is 2.11. The maximum Gasteiger partial charge on any atom is 0.114 e. The zero-order valence-corrected chi connectivity index (χ0v) is 10.9. The van der Waals surface area contributed by atoms with Gasteiger partial charge in [0.25, 0.3) is 0 Å². The highest BCUT2D eigenvalue weighted by atomic mass is 79.9. The summed E-state index contributed by atoms with van der Waals surface area (Å²) in [7, 11) is 0. The Morgan fingerprint density at radius 3 is 2.93 bits per heavy atom. The number of hydrogen-bond acceptors (Lipinski definition) is 4. The van der Waals surface area contributed by atoms with Gasteiger partial charge in [-0.1, -0.05) is 21.1 Å². The van der Waals surface area contributed by atoms with Crippen molar-refractivity contribution in [2.24, 2.45) is 0 Å². The average Bonchev–Trinajstić information content (AvgIpc) is 2.76. The van der Waals surface area contributed by atoms with E-state index in [1.54, 1.807) is 11.3 Å². The number of hydrogen-bond donors (Lipinski definition) is 0. The van der Waals surface area contributed by atoms with Crippen molar-refractivity contribution in [2.45, 2.75) is 25.2 Å². The van der Waals surface area contributed by atoms with Crippen LogP contribution in [0, 0.1) is 6.92 Å². The Morgan fingerprint density at radius 2 is 2.40 bits per heavy atom. The highest BCUT2D eigenvalue weighted by Crippen LogP contribution is 2.18. The minimum Gasteiger partial charge on any atom is -0.245 e. The second-order valence-corrected chi connectivity index (χ2v) is 5.66. The van der Waals surface area contributed by atoms with Gasteiger partial charge in [-0.3, -0.25) is 0 Å². The van der Waals surface area contributed by atoms with E-state index < -0.39 is 0 Å². The molecule has 2 aromatic heterocycles. The van der Waals surface area contributed by atoms with Crippen LogP contribution in [0.4, 0.5) is 0 Å². The number of halogens is 1. The number of alkyl halides is 1. The van der Waals surface area contributed by atoms with E-state index in [0.29, 0.717) is 6.54 Å². The Kier molecular flexibility index (Phi) is 3.16. The van der Waals surface area contributed by atoms with Crippen LogP contribution in [0.15, 0.2) is 11.6 Å². The van der Waals surface area contributed by atoms with Gasteiger partial charge in [0, 0.05) is 11.1 Å². The van der Waals surface area contributed by atoms with Crippen molar-refractivity contribution in [3.8, 4) is 0 Å². The second kappa shape index (κ2) is 4.40. The molecule has 0 aliphatic heterocycles. The maximum absolute atomic E-state index is 4.38. The molecule has 1 unspecified atom stereocenters. The summed E-state index contributed by atoms with van der Waals surface area (Å²) in [5.74, 6) is 0. The average molecular weight is 287 g/mol. The van der Waals surface area contributed by atoms with Gasteiger partial charge in [0.15, 0.2) is 0 Å². The van der Waals surface area contributed by atoms with Crippen LogP contribution in [0.2, 0.25) is 0 Å². The van der Waals surface area contributed by atoms with Crippen LogP contribution in [0.1, 0.15) is 28.1 Å². The molecule has 0 aliphatic carbocycles. The zero-order valence-electron chi connectivity index (χ0n) is 8.51. The molecule has 0 bridgehead atoms. The van der Waals surface area contributed by atoms with Crippen molar-refractivity contribution < 1.29 is 0 Å². The highest BCUT2D eigenvalue weighted by molar-refractivity contribution is 9.09. The lowest BCUT2D eigenvalue weighted by molar-refractivity contribution is 0.646. The number of thiazole rings is 1. The van der Waals surface area contributed by atoms with Crippen LogP contribution >= 0.6 is 27.3 Å². The van der Waals surface area contributed by atoms with Gasteiger partial charge < -0.3 is 0 Å². The zero-order chi connectivity index (χ0) is 10.8. The van der Waals surface area contributed by atoms with Crippen molar-refractivity contribution in [2.75, 3.05) is 0 Å². The van der Waals surface area contributed by atoms with Gasteiger partial charge in [0.05, 0.1) is 23.3 Å². The van der Waals surface area contributed by atoms with Crippen molar-refractivity contribution >= 4 is 27.3 Å². The van der Waals surface area contributed by atoms with Crippen molar-refractivity contribution in [1.82, 2.24) is 20.0 Å². The smallest absolute Gasteiger partial charge is 0.114 e. The molecule has 0 amide bonds. The van der Waals surface area contributed by atoms with E-state index >= 15 is 0 Å². The van der Waals surface area contributed by atoms with Crippen LogP contribution < -0.4 is 0 Å². The van der Waals surface area contributed by atoms with Crippen LogP contribution in [0.25, 0.3) is 0 Å². The predicted octanol–water partition coefficient (Wildman–Crippen LogP) is 2.55. The van der Waals surface area contributed by atoms with E-state index in [9.17, 15) is 0 Å². The minimum atomic E-state index is 0.240. The molecule has 0 saturated carbocycles. The van der Waals surface area contributed by atoms with Crippen LogP contribution in [0.5, 0.6) is 0 Å². The molecule has 0 spiro atoms. The first-order valence-corrected chi connectivity index (χ1v) is 6.40. The molecular formula is C9H11BrN4S. The van der Waals surface area contributed by atoms with E-state index in [2.05, 4.69) is 31.2 Å². The molecule has 2 aromatic rings. The van der Waals surface area contributed by atoms with Gasteiger partial charge in [0.1, 0.15) is 5.01 Å². The summed E-state index contributed by atoms with van der Waals surface area (Å²) in [6.45, 7) is 4.72. The third kappa shape index (κ3) is 2.63. The monoisotopic (exact) mass is 286 g/mol. The van der Waals surface area contributed by atoms with E-state index in [4.69, 9.17) is 0 Å². The molecule has 2 rings (SSSR count). The van der Waals surface area contributed by atoms with Gasteiger partial charge in [-0.15, -0.1) is 16.4 Å². The minimum absolute atomic E-state index is 0.240. The Hall–Kier alpha value is -0.750. The third-order valence-corrected chi connectivity index (χ3v) is 3.35. The van der Waals surface area contributed by atoms with E-state index in [1.807, 2.05) is 30.1 Å². The SMILES string of the molecule is Cc1csc(Cn2cc(C(C)Br)nn2)n1. The number of nitrogens with zero attached hydrogens (tertiary/aromatic N) is 4. The Bertz CT molecular complexity index is 448. The fraction of sp³-hybridized carbons (Fsp3) is 0.444. The van der Waals surface area contributed by atoms with Gasteiger partial charge >= 0.3 is 0 Å². The molecule has 6 heteroatoms. The molecule has 1 atom stereocenters. The molecular weight excluding hydrogens is 276 g/mol. The summed E-state index contributed by atoms with van der Waals surface area (Å²) in [5.41, 5.74) is 2.01. The topological polar surface area (TPSA) is 43.6 Å². The van der Waals surface area contributed by atoms with Gasteiger partial charge in [0.2, 0.25) is 0 Å². The van der Waals surface area contributed by atoms with Crippen LogP contribution in [-0.4, -0.2) is 20.0 Å². The van der Waals surface area contributed by atoms with E-state index in [1.165, 1.54) is 0 Å². The molecule has 80 valence electrons. The fourth-order valence-corrected chi connectivity index (χ4v) is 2.16. The molecule has 0 N–H and O–H groups in total. The summed E-state index contributed by atoms with van der Waals surface area (Å²) in [5, 5.41) is 11.2. The molecule has 0 aliphatic rings. The quantitative estimate of drug-likeness (QED) is 0.815. The molecule has 0 radical (unpaired) electrons. The predicted molar refractivity (Wildman–Crippen MR) is 63.3 cm³/mol. The fourth-order valence-electron chi connectivity index (χ4n) is 1.19. The molecule has 0 saturated heterocycles. The van der Waals surface area contributed by atoms with Gasteiger partial charge in [-0.05, 0) is 13.8 Å². The van der Waals surface area contributed by atoms with E-state index in [-0.39, 0.29) is 4.83 Å². The Morgan fingerprint density at radius 1 is 1.60 bits per heavy atom. The molecule has 0 fully saturated rings. The first kappa shape index (κ1) is 10.8. The summed E-state index contributed by atoms with van der Waals surface area (Å²) >= 11 is 5.11. The molecule has 4 nitrogen and oxygen atoms in total. The van der Waals surface area contributed by atoms with E-state index in [0.717, 1.165) is 16.4 Å². The number of aromatic nitrogens is 4. The first-order chi connectivity index (χ1) is 7.15. The standard InChI is InChI=1S/C9H11BrN4S/c1-6-5-15-9(11-6)4-14-3-8(7(2)10)12-13-14/h3,5,7H,4H2,1-2H3. The number of rotatable bonds is 3. The van der Waals surface area contributed by atoms with Gasteiger partial charge in [-0.25, -0.2) is 9.67 Å². The van der Waals surface area contributed by atoms with Crippen LogP contribution in [-0.2, 0) is 6.54 Å². The van der Waals surface area contributed by atoms with Gasteiger partial charge in [-0.2, -0.15) is 0 Å². The summed E-state index contributed by atoms with van der Waals surface area (Å²) in [6.07, 6.45) is 1.94. The highest BCUT2D eigenvalue weighted by Gasteiger charge is 2.07. The second-order valence-electron chi connectivity index (χ2n) is 3.34. The first-order valence-electron chi connectivity index (χ1n) is 4.60. The summed E-state index contributed by atoms with van der Waals surface area (Å²) in [6, 6.07) is 0. The molecule has 2 heterocycles. The lowest BCUT2D eigenvalue weighted by Gasteiger charge is -1.95. The largest absolute Gasteiger partial charge is 0.245 e. The molecule has 15 heavy (non-hydrogen) atoms. The van der Waals surface area contributed by atoms with Crippen LogP contribution in [0.3, 0.4) is 0 Å². The number of aryl methyl sites for hydroxylation is 1. The lowest BCUT2D eigenvalue weighted by Crippen LogP contribution is -1.99. The lowest BCUT2D eigenvalue weighted by atomic mass is 10.4. The Labute approximate surface area is 100 Å². The maximum atomic E-state index is 4.38. The normalized spacial score (nSPS) is 13.0.